The normalized spacial score (nSPS) is 18.8. The van der Waals surface area contributed by atoms with Crippen LogP contribution in [0.4, 0.5) is 0 Å². The van der Waals surface area contributed by atoms with Gasteiger partial charge in [-0.2, -0.15) is 0 Å². The summed E-state index contributed by atoms with van der Waals surface area (Å²) in [6, 6.07) is 8.69. The van der Waals surface area contributed by atoms with Gasteiger partial charge < -0.3 is 10.2 Å². The van der Waals surface area contributed by atoms with Gasteiger partial charge in [0.1, 0.15) is 0 Å². The Morgan fingerprint density at radius 3 is 2.95 bits per heavy atom. The van der Waals surface area contributed by atoms with Gasteiger partial charge in [0.2, 0.25) is 5.91 Å². The molecule has 1 N–H and O–H groups in total. The van der Waals surface area contributed by atoms with Crippen LogP contribution in [0, 0.1) is 6.92 Å². The number of nitrogens with one attached hydrogen (secondary N) is 1. The maximum Gasteiger partial charge on any atom is 0.237 e. The van der Waals surface area contributed by atoms with E-state index in [1.54, 1.807) is 0 Å². The summed E-state index contributed by atoms with van der Waals surface area (Å²) in [6.07, 6.45) is 3.26. The third-order valence-electron chi connectivity index (χ3n) is 3.82. The number of aryl methyl sites for hydroxylation is 1. The van der Waals surface area contributed by atoms with Gasteiger partial charge in [-0.25, -0.2) is 0 Å². The lowest BCUT2D eigenvalue weighted by molar-refractivity contribution is -0.131. The van der Waals surface area contributed by atoms with Crippen LogP contribution >= 0.6 is 0 Å². The highest BCUT2D eigenvalue weighted by Gasteiger charge is 2.30. The van der Waals surface area contributed by atoms with Gasteiger partial charge in [-0.3, -0.25) is 4.79 Å². The molecule has 19 heavy (non-hydrogen) atoms. The van der Waals surface area contributed by atoms with Crippen molar-refractivity contribution in [3.63, 3.8) is 0 Å². The monoisotopic (exact) mass is 260 g/mol. The number of benzene rings is 1. The number of likely N-dealkylation sites (tertiary alicyclic amines) is 1. The Kier molecular flexibility index (Phi) is 4.97. The molecule has 1 saturated heterocycles. The van der Waals surface area contributed by atoms with E-state index in [1.807, 2.05) is 4.90 Å². The van der Waals surface area contributed by atoms with E-state index in [9.17, 15) is 4.79 Å². The summed E-state index contributed by atoms with van der Waals surface area (Å²) < 4.78 is 0. The largest absolute Gasteiger partial charge is 0.335 e. The van der Waals surface area contributed by atoms with Crippen LogP contribution in [-0.4, -0.2) is 30.4 Å². The molecule has 0 aromatic heterocycles. The summed E-state index contributed by atoms with van der Waals surface area (Å²) in [4.78, 5) is 14.3. The molecule has 1 atom stereocenters. The minimum absolute atomic E-state index is 0.235. The molecule has 1 aliphatic heterocycles. The fraction of sp³-hybridized carbons (Fsp3) is 0.562. The van der Waals surface area contributed by atoms with Crippen molar-refractivity contribution in [3.05, 3.63) is 35.4 Å². The molecule has 0 bridgehead atoms. The molecule has 1 aliphatic rings. The maximum absolute atomic E-state index is 12.3. The Balaban J connectivity index is 2.05. The topological polar surface area (TPSA) is 32.3 Å². The van der Waals surface area contributed by atoms with Crippen molar-refractivity contribution in [2.45, 2.75) is 39.2 Å². The van der Waals surface area contributed by atoms with Crippen LogP contribution in [0.25, 0.3) is 0 Å². The average Bonchev–Trinajstić information content (AvgIpc) is 2.88. The molecule has 1 unspecified atom stereocenters. The summed E-state index contributed by atoms with van der Waals surface area (Å²) >= 11 is 0. The van der Waals surface area contributed by atoms with E-state index in [1.165, 1.54) is 11.1 Å². The van der Waals surface area contributed by atoms with Crippen molar-refractivity contribution < 1.29 is 4.79 Å². The zero-order valence-corrected chi connectivity index (χ0v) is 12.0. The van der Waals surface area contributed by atoms with Crippen molar-refractivity contribution >= 4 is 5.91 Å². The second-order valence-electron chi connectivity index (χ2n) is 5.28. The summed E-state index contributed by atoms with van der Waals surface area (Å²) in [5.74, 6) is 0.235. The number of carbonyl (C=O) groups excluding carboxylic acids is 1. The molecule has 0 aliphatic carbocycles. The maximum atomic E-state index is 12.3. The molecule has 1 heterocycles. The standard InChI is InChI=1S/C16H24N2O/c1-3-10-17-12-16(19)18-11-6-9-15(18)14-8-5-4-7-13(14)2/h4-5,7-8,15,17H,3,6,9-12H2,1-2H3. The molecule has 1 aromatic carbocycles. The summed E-state index contributed by atoms with van der Waals surface area (Å²) in [5, 5.41) is 3.21. The predicted octanol–water partition coefficient (Wildman–Crippen LogP) is 2.66. The van der Waals surface area contributed by atoms with E-state index in [2.05, 4.69) is 43.4 Å². The lowest BCUT2D eigenvalue weighted by Gasteiger charge is -2.26. The Bertz CT molecular complexity index is 431. The number of rotatable bonds is 5. The minimum atomic E-state index is 0.235. The Labute approximate surface area is 116 Å². The van der Waals surface area contributed by atoms with E-state index >= 15 is 0 Å². The molecule has 1 aromatic rings. The Morgan fingerprint density at radius 2 is 2.21 bits per heavy atom. The molecule has 0 saturated carbocycles. The number of hydrogen-bond donors (Lipinski definition) is 1. The van der Waals surface area contributed by atoms with Crippen LogP contribution < -0.4 is 5.32 Å². The Morgan fingerprint density at radius 1 is 1.42 bits per heavy atom. The number of nitrogens with zero attached hydrogens (tertiary/aromatic N) is 1. The molecular formula is C16H24N2O. The van der Waals surface area contributed by atoms with Crippen LogP contribution in [0.2, 0.25) is 0 Å². The third-order valence-corrected chi connectivity index (χ3v) is 3.82. The Hall–Kier alpha value is -1.35. The van der Waals surface area contributed by atoms with E-state index in [4.69, 9.17) is 0 Å². The van der Waals surface area contributed by atoms with Crippen molar-refractivity contribution in [2.24, 2.45) is 0 Å². The molecule has 3 heteroatoms. The first-order chi connectivity index (χ1) is 9.24. The fourth-order valence-corrected chi connectivity index (χ4v) is 2.82. The van der Waals surface area contributed by atoms with Gasteiger partial charge in [0.25, 0.3) is 0 Å². The molecule has 2 rings (SSSR count). The summed E-state index contributed by atoms with van der Waals surface area (Å²) in [6.45, 7) is 6.52. The second-order valence-corrected chi connectivity index (χ2v) is 5.28. The first-order valence-corrected chi connectivity index (χ1v) is 7.29. The van der Waals surface area contributed by atoms with Crippen molar-refractivity contribution in [3.8, 4) is 0 Å². The van der Waals surface area contributed by atoms with Gasteiger partial charge in [0, 0.05) is 6.54 Å². The van der Waals surface area contributed by atoms with Crippen molar-refractivity contribution in [2.75, 3.05) is 19.6 Å². The van der Waals surface area contributed by atoms with Gasteiger partial charge in [0.05, 0.1) is 12.6 Å². The molecule has 3 nitrogen and oxygen atoms in total. The molecular weight excluding hydrogens is 236 g/mol. The van der Waals surface area contributed by atoms with E-state index in [0.717, 1.165) is 32.4 Å². The SMILES string of the molecule is CCCNCC(=O)N1CCCC1c1ccccc1C. The first kappa shape index (κ1) is 14.1. The molecule has 0 spiro atoms. The third kappa shape index (κ3) is 3.35. The zero-order chi connectivity index (χ0) is 13.7. The zero-order valence-electron chi connectivity index (χ0n) is 12.0. The first-order valence-electron chi connectivity index (χ1n) is 7.29. The highest BCUT2D eigenvalue weighted by molar-refractivity contribution is 5.79. The highest BCUT2D eigenvalue weighted by atomic mass is 16.2. The van der Waals surface area contributed by atoms with Gasteiger partial charge in [0.15, 0.2) is 0 Å². The van der Waals surface area contributed by atoms with E-state index in [0.29, 0.717) is 6.54 Å². The number of carbonyl (C=O) groups is 1. The van der Waals surface area contributed by atoms with Crippen LogP contribution in [0.15, 0.2) is 24.3 Å². The average molecular weight is 260 g/mol. The molecule has 0 radical (unpaired) electrons. The number of amides is 1. The number of hydrogen-bond acceptors (Lipinski definition) is 2. The second kappa shape index (κ2) is 6.71. The summed E-state index contributed by atoms with van der Waals surface area (Å²) in [7, 11) is 0. The quantitative estimate of drug-likeness (QED) is 0.826. The van der Waals surface area contributed by atoms with Crippen LogP contribution in [0.5, 0.6) is 0 Å². The lowest BCUT2D eigenvalue weighted by atomic mass is 9.99. The summed E-state index contributed by atoms with van der Waals surface area (Å²) in [5.41, 5.74) is 2.59. The van der Waals surface area contributed by atoms with Crippen LogP contribution in [-0.2, 0) is 4.79 Å². The van der Waals surface area contributed by atoms with E-state index in [-0.39, 0.29) is 11.9 Å². The minimum Gasteiger partial charge on any atom is -0.335 e. The molecule has 1 fully saturated rings. The van der Waals surface area contributed by atoms with Gasteiger partial charge >= 0.3 is 0 Å². The van der Waals surface area contributed by atoms with Gasteiger partial charge in [-0.05, 0) is 43.9 Å². The van der Waals surface area contributed by atoms with E-state index < -0.39 is 0 Å². The molecule has 104 valence electrons. The van der Waals surface area contributed by atoms with Gasteiger partial charge in [-0.1, -0.05) is 31.2 Å². The lowest BCUT2D eigenvalue weighted by Crippen LogP contribution is -2.38. The fourth-order valence-electron chi connectivity index (χ4n) is 2.82. The smallest absolute Gasteiger partial charge is 0.237 e. The van der Waals surface area contributed by atoms with Crippen molar-refractivity contribution in [1.29, 1.82) is 0 Å². The highest BCUT2D eigenvalue weighted by Crippen LogP contribution is 2.33. The molecule has 1 amide bonds. The van der Waals surface area contributed by atoms with Crippen LogP contribution in [0.1, 0.15) is 43.4 Å². The predicted molar refractivity (Wildman–Crippen MR) is 78.0 cm³/mol. The van der Waals surface area contributed by atoms with Crippen molar-refractivity contribution in [1.82, 2.24) is 10.2 Å². The van der Waals surface area contributed by atoms with Gasteiger partial charge in [-0.15, -0.1) is 0 Å². The van der Waals surface area contributed by atoms with Crippen LogP contribution in [0.3, 0.4) is 0 Å².